The SMILES string of the molecule is NC(=O)c1cn[nH]c1C1CCCC(=O)C1. The van der Waals surface area contributed by atoms with E-state index in [-0.39, 0.29) is 11.7 Å². The second kappa shape index (κ2) is 3.84. The van der Waals surface area contributed by atoms with Gasteiger partial charge in [0, 0.05) is 18.8 Å². The minimum atomic E-state index is -0.489. The van der Waals surface area contributed by atoms with Crippen LogP contribution in [-0.4, -0.2) is 21.9 Å². The van der Waals surface area contributed by atoms with Crippen LogP contribution in [0, 0.1) is 0 Å². The van der Waals surface area contributed by atoms with Crippen LogP contribution in [0.5, 0.6) is 0 Å². The zero-order valence-electron chi connectivity index (χ0n) is 8.32. The Kier molecular flexibility index (Phi) is 2.53. The lowest BCUT2D eigenvalue weighted by molar-refractivity contribution is -0.120. The van der Waals surface area contributed by atoms with Gasteiger partial charge >= 0.3 is 0 Å². The van der Waals surface area contributed by atoms with Crippen LogP contribution in [0.25, 0.3) is 0 Å². The van der Waals surface area contributed by atoms with Gasteiger partial charge in [0.2, 0.25) is 0 Å². The van der Waals surface area contributed by atoms with E-state index in [4.69, 9.17) is 5.73 Å². The summed E-state index contributed by atoms with van der Waals surface area (Å²) in [5.74, 6) is -0.163. The van der Waals surface area contributed by atoms with Crippen molar-refractivity contribution >= 4 is 11.7 Å². The Morgan fingerprint density at radius 1 is 1.60 bits per heavy atom. The molecule has 1 aliphatic carbocycles. The molecule has 0 aliphatic heterocycles. The summed E-state index contributed by atoms with van der Waals surface area (Å²) < 4.78 is 0. The van der Waals surface area contributed by atoms with Crippen LogP contribution in [0.15, 0.2) is 6.20 Å². The lowest BCUT2D eigenvalue weighted by Gasteiger charge is -2.19. The average Bonchev–Trinajstić information content (AvgIpc) is 2.65. The molecule has 80 valence electrons. The second-order valence-corrected chi connectivity index (χ2v) is 3.89. The summed E-state index contributed by atoms with van der Waals surface area (Å²) in [6.45, 7) is 0. The number of ketones is 1. The monoisotopic (exact) mass is 207 g/mol. The van der Waals surface area contributed by atoms with Gasteiger partial charge in [-0.3, -0.25) is 14.7 Å². The molecule has 0 radical (unpaired) electrons. The number of carbonyl (C=O) groups is 2. The van der Waals surface area contributed by atoms with Crippen molar-refractivity contribution in [3.05, 3.63) is 17.5 Å². The first-order valence-corrected chi connectivity index (χ1v) is 5.03. The predicted octanol–water partition coefficient (Wildman–Crippen LogP) is 0.735. The largest absolute Gasteiger partial charge is 0.365 e. The Balaban J connectivity index is 2.24. The van der Waals surface area contributed by atoms with Gasteiger partial charge in [-0.2, -0.15) is 5.10 Å². The summed E-state index contributed by atoms with van der Waals surface area (Å²) in [6, 6.07) is 0. The first-order chi connectivity index (χ1) is 7.18. The Hall–Kier alpha value is -1.65. The molecule has 1 aromatic heterocycles. The van der Waals surface area contributed by atoms with Gasteiger partial charge in [0.1, 0.15) is 5.78 Å². The molecular formula is C10H13N3O2. The van der Waals surface area contributed by atoms with Gasteiger partial charge in [-0.15, -0.1) is 0 Å². The Bertz CT molecular complexity index is 397. The quantitative estimate of drug-likeness (QED) is 0.749. The Morgan fingerprint density at radius 3 is 3.07 bits per heavy atom. The fraction of sp³-hybridized carbons (Fsp3) is 0.500. The number of amides is 1. The number of rotatable bonds is 2. The minimum absolute atomic E-state index is 0.0799. The third-order valence-corrected chi connectivity index (χ3v) is 2.82. The van der Waals surface area contributed by atoms with Gasteiger partial charge in [-0.05, 0) is 12.8 Å². The molecule has 1 saturated carbocycles. The highest BCUT2D eigenvalue weighted by Crippen LogP contribution is 2.31. The van der Waals surface area contributed by atoms with Crippen molar-refractivity contribution in [1.29, 1.82) is 0 Å². The molecule has 15 heavy (non-hydrogen) atoms. The maximum atomic E-state index is 11.3. The van der Waals surface area contributed by atoms with Crippen molar-refractivity contribution in [2.75, 3.05) is 0 Å². The third kappa shape index (κ3) is 1.91. The molecule has 2 rings (SSSR count). The van der Waals surface area contributed by atoms with E-state index < -0.39 is 5.91 Å². The van der Waals surface area contributed by atoms with Gasteiger partial charge < -0.3 is 5.73 Å². The van der Waals surface area contributed by atoms with E-state index in [0.717, 1.165) is 18.5 Å². The van der Waals surface area contributed by atoms with Crippen LogP contribution in [0.2, 0.25) is 0 Å². The van der Waals surface area contributed by atoms with Crippen molar-refractivity contribution in [3.8, 4) is 0 Å². The van der Waals surface area contributed by atoms with E-state index in [1.165, 1.54) is 6.20 Å². The van der Waals surface area contributed by atoms with Crippen LogP contribution < -0.4 is 5.73 Å². The number of hydrogen-bond acceptors (Lipinski definition) is 3. The van der Waals surface area contributed by atoms with E-state index >= 15 is 0 Å². The number of aromatic amines is 1. The van der Waals surface area contributed by atoms with Gasteiger partial charge in [0.05, 0.1) is 17.5 Å². The molecule has 1 amide bonds. The summed E-state index contributed by atoms with van der Waals surface area (Å²) >= 11 is 0. The maximum absolute atomic E-state index is 11.3. The molecule has 1 fully saturated rings. The second-order valence-electron chi connectivity index (χ2n) is 3.89. The molecule has 0 saturated heterocycles. The number of H-pyrrole nitrogens is 1. The number of nitrogens with one attached hydrogen (secondary N) is 1. The molecule has 1 heterocycles. The number of primary amides is 1. The summed E-state index contributed by atoms with van der Waals surface area (Å²) in [6.07, 6.45) is 4.35. The summed E-state index contributed by atoms with van der Waals surface area (Å²) in [4.78, 5) is 22.4. The Morgan fingerprint density at radius 2 is 2.40 bits per heavy atom. The van der Waals surface area contributed by atoms with E-state index in [1.807, 2.05) is 0 Å². The molecule has 1 aromatic rings. The smallest absolute Gasteiger partial charge is 0.252 e. The number of carbonyl (C=O) groups excluding carboxylic acids is 2. The van der Waals surface area contributed by atoms with E-state index in [1.54, 1.807) is 0 Å². The molecule has 1 unspecified atom stereocenters. The van der Waals surface area contributed by atoms with Crippen molar-refractivity contribution in [3.63, 3.8) is 0 Å². The van der Waals surface area contributed by atoms with Gasteiger partial charge in [0.15, 0.2) is 0 Å². The third-order valence-electron chi connectivity index (χ3n) is 2.82. The zero-order chi connectivity index (χ0) is 10.8. The standard InChI is InChI=1S/C10H13N3O2/c11-10(15)8-5-12-13-9(8)6-2-1-3-7(14)4-6/h5-6H,1-4H2,(H2,11,15)(H,12,13). The van der Waals surface area contributed by atoms with Gasteiger partial charge in [-0.25, -0.2) is 0 Å². The highest BCUT2D eigenvalue weighted by Gasteiger charge is 2.25. The lowest BCUT2D eigenvalue weighted by atomic mass is 9.85. The molecule has 0 bridgehead atoms. The van der Waals surface area contributed by atoms with Crippen molar-refractivity contribution in [1.82, 2.24) is 10.2 Å². The number of nitrogens with zero attached hydrogens (tertiary/aromatic N) is 1. The fourth-order valence-corrected chi connectivity index (χ4v) is 2.07. The predicted molar refractivity (Wildman–Crippen MR) is 53.3 cm³/mol. The summed E-state index contributed by atoms with van der Waals surface area (Å²) in [5.41, 5.74) is 6.35. The first-order valence-electron chi connectivity index (χ1n) is 5.03. The number of hydrogen-bond donors (Lipinski definition) is 2. The zero-order valence-corrected chi connectivity index (χ0v) is 8.32. The number of aromatic nitrogens is 2. The minimum Gasteiger partial charge on any atom is -0.365 e. The van der Waals surface area contributed by atoms with Crippen LogP contribution in [0.4, 0.5) is 0 Å². The van der Waals surface area contributed by atoms with E-state index in [0.29, 0.717) is 18.4 Å². The molecule has 1 aliphatic rings. The number of nitrogens with two attached hydrogens (primary N) is 1. The molecule has 0 spiro atoms. The Labute approximate surface area is 87.0 Å². The fourth-order valence-electron chi connectivity index (χ4n) is 2.07. The molecule has 5 nitrogen and oxygen atoms in total. The number of Topliss-reactive ketones (excluding diaryl/α,β-unsaturated/α-hetero) is 1. The van der Waals surface area contributed by atoms with Crippen LogP contribution in [0.3, 0.4) is 0 Å². The van der Waals surface area contributed by atoms with Crippen molar-refractivity contribution in [2.45, 2.75) is 31.6 Å². The van der Waals surface area contributed by atoms with E-state index in [9.17, 15) is 9.59 Å². The molecule has 0 aromatic carbocycles. The van der Waals surface area contributed by atoms with Crippen LogP contribution >= 0.6 is 0 Å². The molecule has 5 heteroatoms. The van der Waals surface area contributed by atoms with Gasteiger partial charge in [0.25, 0.3) is 5.91 Å². The maximum Gasteiger partial charge on any atom is 0.252 e. The normalized spacial score (nSPS) is 21.6. The topological polar surface area (TPSA) is 88.8 Å². The van der Waals surface area contributed by atoms with Crippen LogP contribution in [-0.2, 0) is 4.79 Å². The first kappa shape index (κ1) is 9.89. The van der Waals surface area contributed by atoms with Crippen molar-refractivity contribution in [2.24, 2.45) is 5.73 Å². The van der Waals surface area contributed by atoms with E-state index in [2.05, 4.69) is 10.2 Å². The van der Waals surface area contributed by atoms with Gasteiger partial charge in [-0.1, -0.05) is 0 Å². The molecule has 1 atom stereocenters. The highest BCUT2D eigenvalue weighted by atomic mass is 16.1. The molecular weight excluding hydrogens is 194 g/mol. The van der Waals surface area contributed by atoms with Crippen LogP contribution in [0.1, 0.15) is 47.7 Å². The van der Waals surface area contributed by atoms with Crippen molar-refractivity contribution < 1.29 is 9.59 Å². The lowest BCUT2D eigenvalue weighted by Crippen LogP contribution is -2.18. The summed E-state index contributed by atoms with van der Waals surface area (Å²) in [5, 5.41) is 6.58. The summed E-state index contributed by atoms with van der Waals surface area (Å²) in [7, 11) is 0. The molecule has 3 N–H and O–H groups in total. The average molecular weight is 207 g/mol. The highest BCUT2D eigenvalue weighted by molar-refractivity contribution is 5.94.